The molecule has 1 amide bonds. The van der Waals surface area contributed by atoms with Crippen molar-refractivity contribution in [3.8, 4) is 0 Å². The van der Waals surface area contributed by atoms with Gasteiger partial charge in [0, 0.05) is 47.6 Å². The number of benzene rings is 2. The highest BCUT2D eigenvalue weighted by Gasteiger charge is 2.21. The van der Waals surface area contributed by atoms with E-state index in [4.69, 9.17) is 23.2 Å². The minimum absolute atomic E-state index is 0.0995. The van der Waals surface area contributed by atoms with Gasteiger partial charge in [0.1, 0.15) is 0 Å². The maximum Gasteiger partial charge on any atom is 0.241 e. The van der Waals surface area contributed by atoms with Crippen molar-refractivity contribution in [2.75, 3.05) is 42.9 Å². The molecule has 1 N–H and O–H groups in total. The molecule has 0 aromatic heterocycles. The summed E-state index contributed by atoms with van der Waals surface area (Å²) in [6.07, 6.45) is 0. The Labute approximate surface area is 158 Å². The largest absolute Gasteiger partial charge is 0.376 e. The zero-order chi connectivity index (χ0) is 17.8. The van der Waals surface area contributed by atoms with Gasteiger partial charge in [0.25, 0.3) is 0 Å². The number of rotatable bonds is 4. The lowest BCUT2D eigenvalue weighted by atomic mass is 10.2. The predicted molar refractivity (Wildman–Crippen MR) is 105 cm³/mol. The number of amides is 1. The van der Waals surface area contributed by atoms with E-state index in [-0.39, 0.29) is 12.5 Å². The number of anilines is 2. The van der Waals surface area contributed by atoms with Crippen molar-refractivity contribution < 1.29 is 4.79 Å². The van der Waals surface area contributed by atoms with Gasteiger partial charge in [-0.2, -0.15) is 0 Å². The second-order valence-electron chi connectivity index (χ2n) is 6.17. The number of carbonyl (C=O) groups is 1. The zero-order valence-electron chi connectivity index (χ0n) is 14.1. The van der Waals surface area contributed by atoms with Crippen LogP contribution in [0, 0.1) is 6.92 Å². The molecule has 0 atom stereocenters. The molecular formula is C19H21Cl2N3O. The standard InChI is InChI=1S/C19H21Cl2N3O/c1-14-5-6-16(12-18(14)21)22-13-19(25)24-9-7-23(8-10-24)17-4-2-3-15(20)11-17/h2-6,11-12,22H,7-10,13H2,1H3. The van der Waals surface area contributed by atoms with Crippen LogP contribution in [-0.4, -0.2) is 43.5 Å². The summed E-state index contributed by atoms with van der Waals surface area (Å²) >= 11 is 12.2. The first-order valence-electron chi connectivity index (χ1n) is 8.31. The molecule has 132 valence electrons. The third-order valence-electron chi connectivity index (χ3n) is 4.42. The summed E-state index contributed by atoms with van der Waals surface area (Å²) < 4.78 is 0. The van der Waals surface area contributed by atoms with Crippen molar-refractivity contribution in [1.82, 2.24) is 4.90 Å². The van der Waals surface area contributed by atoms with Crippen LogP contribution in [0.4, 0.5) is 11.4 Å². The average molecular weight is 378 g/mol. The third kappa shape index (κ3) is 4.59. The molecule has 2 aromatic rings. The summed E-state index contributed by atoms with van der Waals surface area (Å²) in [5, 5.41) is 4.59. The number of halogens is 2. The number of hydrogen-bond donors (Lipinski definition) is 1. The first-order valence-corrected chi connectivity index (χ1v) is 9.07. The summed E-state index contributed by atoms with van der Waals surface area (Å²) in [5.41, 5.74) is 2.99. The molecule has 0 saturated carbocycles. The van der Waals surface area contributed by atoms with Crippen LogP contribution in [0.3, 0.4) is 0 Å². The molecule has 25 heavy (non-hydrogen) atoms. The second-order valence-corrected chi connectivity index (χ2v) is 7.01. The zero-order valence-corrected chi connectivity index (χ0v) is 15.6. The molecule has 0 aliphatic carbocycles. The van der Waals surface area contributed by atoms with Gasteiger partial charge in [0.2, 0.25) is 5.91 Å². The fraction of sp³-hybridized carbons (Fsp3) is 0.316. The van der Waals surface area contributed by atoms with E-state index < -0.39 is 0 Å². The van der Waals surface area contributed by atoms with Gasteiger partial charge in [0.05, 0.1) is 6.54 Å². The number of piperazine rings is 1. The Bertz CT molecular complexity index is 758. The number of carbonyl (C=O) groups excluding carboxylic acids is 1. The number of hydrogen-bond acceptors (Lipinski definition) is 3. The summed E-state index contributed by atoms with van der Waals surface area (Å²) in [6.45, 7) is 5.27. The van der Waals surface area contributed by atoms with Gasteiger partial charge in [-0.3, -0.25) is 4.79 Å². The van der Waals surface area contributed by atoms with E-state index in [1.165, 1.54) is 0 Å². The highest BCUT2D eigenvalue weighted by molar-refractivity contribution is 6.31. The number of aryl methyl sites for hydroxylation is 1. The smallest absolute Gasteiger partial charge is 0.241 e. The molecule has 1 aliphatic rings. The second kappa shape index (κ2) is 7.98. The van der Waals surface area contributed by atoms with Crippen molar-refractivity contribution in [3.63, 3.8) is 0 Å². The molecule has 1 saturated heterocycles. The van der Waals surface area contributed by atoms with E-state index in [2.05, 4.69) is 10.2 Å². The normalized spacial score (nSPS) is 14.5. The van der Waals surface area contributed by atoms with Crippen molar-refractivity contribution in [3.05, 3.63) is 58.1 Å². The van der Waals surface area contributed by atoms with Crippen molar-refractivity contribution in [2.24, 2.45) is 0 Å². The van der Waals surface area contributed by atoms with Crippen LogP contribution < -0.4 is 10.2 Å². The molecule has 1 heterocycles. The van der Waals surface area contributed by atoms with Gasteiger partial charge < -0.3 is 15.1 Å². The van der Waals surface area contributed by atoms with Crippen LogP contribution in [0.5, 0.6) is 0 Å². The summed E-state index contributed by atoms with van der Waals surface area (Å²) in [4.78, 5) is 16.6. The average Bonchev–Trinajstić information content (AvgIpc) is 2.62. The van der Waals surface area contributed by atoms with Crippen molar-refractivity contribution >= 4 is 40.5 Å². The van der Waals surface area contributed by atoms with E-state index in [1.807, 2.05) is 54.3 Å². The molecule has 2 aromatic carbocycles. The van der Waals surface area contributed by atoms with Gasteiger partial charge in [-0.05, 0) is 42.8 Å². The van der Waals surface area contributed by atoms with Gasteiger partial charge in [-0.25, -0.2) is 0 Å². The monoisotopic (exact) mass is 377 g/mol. The lowest BCUT2D eigenvalue weighted by Gasteiger charge is -2.36. The van der Waals surface area contributed by atoms with Crippen molar-refractivity contribution in [2.45, 2.75) is 6.92 Å². The highest BCUT2D eigenvalue weighted by Crippen LogP contribution is 2.21. The molecular weight excluding hydrogens is 357 g/mol. The number of nitrogens with zero attached hydrogens (tertiary/aromatic N) is 2. The molecule has 1 fully saturated rings. The van der Waals surface area contributed by atoms with Crippen LogP contribution in [0.25, 0.3) is 0 Å². The maximum absolute atomic E-state index is 12.4. The van der Waals surface area contributed by atoms with Crippen LogP contribution in [0.1, 0.15) is 5.56 Å². The number of nitrogens with one attached hydrogen (secondary N) is 1. The van der Waals surface area contributed by atoms with E-state index >= 15 is 0 Å². The van der Waals surface area contributed by atoms with E-state index in [1.54, 1.807) is 0 Å². The molecule has 4 nitrogen and oxygen atoms in total. The van der Waals surface area contributed by atoms with E-state index in [9.17, 15) is 4.79 Å². The molecule has 1 aliphatic heterocycles. The summed E-state index contributed by atoms with van der Waals surface area (Å²) in [7, 11) is 0. The molecule has 6 heteroatoms. The summed E-state index contributed by atoms with van der Waals surface area (Å²) in [5.74, 6) is 0.0995. The molecule has 0 spiro atoms. The van der Waals surface area contributed by atoms with Crippen molar-refractivity contribution in [1.29, 1.82) is 0 Å². The Balaban J connectivity index is 1.50. The quantitative estimate of drug-likeness (QED) is 0.872. The van der Waals surface area contributed by atoms with E-state index in [0.717, 1.165) is 35.1 Å². The Morgan fingerprint density at radius 3 is 2.52 bits per heavy atom. The Hall–Kier alpha value is -1.91. The first-order chi connectivity index (χ1) is 12.0. The fourth-order valence-electron chi connectivity index (χ4n) is 2.88. The first kappa shape index (κ1) is 17.9. The maximum atomic E-state index is 12.4. The van der Waals surface area contributed by atoms with Gasteiger partial charge in [0.15, 0.2) is 0 Å². The lowest BCUT2D eigenvalue weighted by Crippen LogP contribution is -2.50. The molecule has 3 rings (SSSR count). The van der Waals surface area contributed by atoms with Gasteiger partial charge >= 0.3 is 0 Å². The van der Waals surface area contributed by atoms with Crippen LogP contribution in [-0.2, 0) is 4.79 Å². The Morgan fingerprint density at radius 2 is 1.84 bits per heavy atom. The van der Waals surface area contributed by atoms with Gasteiger partial charge in [-0.1, -0.05) is 35.3 Å². The van der Waals surface area contributed by atoms with Crippen LogP contribution in [0.15, 0.2) is 42.5 Å². The van der Waals surface area contributed by atoms with Crippen LogP contribution in [0.2, 0.25) is 10.0 Å². The minimum Gasteiger partial charge on any atom is -0.376 e. The lowest BCUT2D eigenvalue weighted by molar-refractivity contribution is -0.129. The van der Waals surface area contributed by atoms with E-state index in [0.29, 0.717) is 18.1 Å². The Morgan fingerprint density at radius 1 is 1.08 bits per heavy atom. The topological polar surface area (TPSA) is 35.6 Å². The highest BCUT2D eigenvalue weighted by atomic mass is 35.5. The molecule has 0 bridgehead atoms. The summed E-state index contributed by atoms with van der Waals surface area (Å²) in [6, 6.07) is 13.6. The third-order valence-corrected chi connectivity index (χ3v) is 5.06. The predicted octanol–water partition coefficient (Wildman–Crippen LogP) is 4.06. The SMILES string of the molecule is Cc1ccc(NCC(=O)N2CCN(c3cccc(Cl)c3)CC2)cc1Cl. The van der Waals surface area contributed by atoms with Crippen LogP contribution >= 0.6 is 23.2 Å². The minimum atomic E-state index is 0.0995. The molecule has 0 radical (unpaired) electrons. The Kier molecular flexibility index (Phi) is 5.71. The van der Waals surface area contributed by atoms with Gasteiger partial charge in [-0.15, -0.1) is 0 Å². The fourth-order valence-corrected chi connectivity index (χ4v) is 3.24. The molecule has 0 unspecified atom stereocenters.